The number of nitrogen functional groups attached to an aromatic ring is 2. The van der Waals surface area contributed by atoms with Gasteiger partial charge in [-0.3, -0.25) is 4.79 Å². The van der Waals surface area contributed by atoms with E-state index in [-0.39, 0.29) is 44.2 Å². The predicted molar refractivity (Wildman–Crippen MR) is 140 cm³/mol. The zero-order valence-electron chi connectivity index (χ0n) is 19.6. The van der Waals surface area contributed by atoms with Crippen LogP contribution in [0.3, 0.4) is 0 Å². The number of hydrogen-bond donors (Lipinski definition) is 4. The molecule has 8 N–H and O–H groups in total. The highest BCUT2D eigenvalue weighted by atomic mass is 19.1. The van der Waals surface area contributed by atoms with Crippen molar-refractivity contribution < 1.29 is 21.2 Å². The first kappa shape index (κ1) is 26.2. The SMILES string of the molecule is Cc1nc(-c2ccc(F)c(C(=O)Nc3ccc(COCc4ccccc4)c(F)c3)c2)nc(N)c1N.N.[HH].[HH]. The summed E-state index contributed by atoms with van der Waals surface area (Å²) in [5, 5.41) is 2.51. The number of nitrogens with zero attached hydrogens (tertiary/aromatic N) is 2. The average Bonchev–Trinajstić information content (AvgIpc) is 2.84. The van der Waals surface area contributed by atoms with E-state index < -0.39 is 17.5 Å². The second-order valence-electron chi connectivity index (χ2n) is 7.86. The van der Waals surface area contributed by atoms with E-state index in [0.717, 1.165) is 17.7 Å². The van der Waals surface area contributed by atoms with Crippen LogP contribution in [0.1, 0.15) is 30.0 Å². The Morgan fingerprint density at radius 3 is 2.42 bits per heavy atom. The minimum absolute atomic E-state index is 0. The van der Waals surface area contributed by atoms with E-state index in [2.05, 4.69) is 15.3 Å². The molecule has 0 aliphatic carbocycles. The Kier molecular flexibility index (Phi) is 8.26. The number of rotatable bonds is 7. The van der Waals surface area contributed by atoms with Gasteiger partial charge in [-0.1, -0.05) is 36.4 Å². The summed E-state index contributed by atoms with van der Waals surface area (Å²) in [5.74, 6) is -1.76. The highest BCUT2D eigenvalue weighted by Gasteiger charge is 2.16. The van der Waals surface area contributed by atoms with Crippen molar-refractivity contribution in [2.45, 2.75) is 20.1 Å². The van der Waals surface area contributed by atoms with Crippen molar-refractivity contribution in [2.75, 3.05) is 16.8 Å². The van der Waals surface area contributed by atoms with Crippen molar-refractivity contribution in [3.63, 3.8) is 0 Å². The quantitative estimate of drug-likeness (QED) is 0.263. The molecule has 1 amide bonds. The Hall–Kier alpha value is -4.41. The van der Waals surface area contributed by atoms with Gasteiger partial charge in [0, 0.05) is 19.7 Å². The Bertz CT molecular complexity index is 1370. The lowest BCUT2D eigenvalue weighted by molar-refractivity contribution is 0.102. The van der Waals surface area contributed by atoms with Gasteiger partial charge in [0.2, 0.25) is 0 Å². The van der Waals surface area contributed by atoms with Crippen molar-refractivity contribution in [2.24, 2.45) is 0 Å². The van der Waals surface area contributed by atoms with Crippen LogP contribution in [-0.2, 0) is 18.0 Å². The van der Waals surface area contributed by atoms with E-state index in [1.807, 2.05) is 30.3 Å². The molecular formula is C26H30F2N6O2. The van der Waals surface area contributed by atoms with Crippen molar-refractivity contribution in [3.8, 4) is 11.4 Å². The lowest BCUT2D eigenvalue weighted by atomic mass is 10.1. The zero-order chi connectivity index (χ0) is 24.9. The number of hydrogen-bond acceptors (Lipinski definition) is 7. The number of nitrogens with two attached hydrogens (primary N) is 2. The van der Waals surface area contributed by atoms with Gasteiger partial charge in [0.25, 0.3) is 5.91 Å². The van der Waals surface area contributed by atoms with E-state index in [0.29, 0.717) is 23.4 Å². The number of amides is 1. The average molecular weight is 497 g/mol. The predicted octanol–water partition coefficient (Wildman–Crippen LogP) is 5.52. The van der Waals surface area contributed by atoms with Crippen molar-refractivity contribution in [1.82, 2.24) is 16.1 Å². The van der Waals surface area contributed by atoms with Gasteiger partial charge >= 0.3 is 0 Å². The number of carbonyl (C=O) groups is 1. The highest BCUT2D eigenvalue weighted by Crippen LogP contribution is 2.25. The van der Waals surface area contributed by atoms with Crippen LogP contribution in [0.4, 0.5) is 26.0 Å². The lowest BCUT2D eigenvalue weighted by Crippen LogP contribution is -2.14. The van der Waals surface area contributed by atoms with E-state index in [9.17, 15) is 13.6 Å². The molecular weight excluding hydrogens is 466 g/mol. The Balaban J connectivity index is 0.00000241. The molecule has 1 aromatic heterocycles. The first-order valence-corrected chi connectivity index (χ1v) is 10.7. The summed E-state index contributed by atoms with van der Waals surface area (Å²) in [6.45, 7) is 2.08. The molecule has 3 aromatic carbocycles. The summed E-state index contributed by atoms with van der Waals surface area (Å²) >= 11 is 0. The molecule has 0 fully saturated rings. The second kappa shape index (κ2) is 11.3. The van der Waals surface area contributed by atoms with Crippen LogP contribution in [0, 0.1) is 18.6 Å². The maximum absolute atomic E-state index is 14.6. The topological polar surface area (TPSA) is 151 Å². The van der Waals surface area contributed by atoms with Gasteiger partial charge < -0.3 is 27.7 Å². The molecule has 0 radical (unpaired) electrons. The standard InChI is InChI=1S/C26H23F2N5O2.H3N.2H2/c1-15-23(29)24(30)33-25(31-15)17-8-10-21(27)20(11-17)26(34)32-19-9-7-18(22(28)12-19)14-35-13-16-5-3-2-4-6-16;;;/h2-12H,13-14,29H2,1H3,(H,32,34)(H2,30,31,33);1H3;2*1H. The summed E-state index contributed by atoms with van der Waals surface area (Å²) < 4.78 is 34.6. The molecule has 0 unspecified atom stereocenters. The monoisotopic (exact) mass is 496 g/mol. The van der Waals surface area contributed by atoms with E-state index in [1.54, 1.807) is 6.92 Å². The van der Waals surface area contributed by atoms with E-state index >= 15 is 0 Å². The zero-order valence-corrected chi connectivity index (χ0v) is 19.6. The van der Waals surface area contributed by atoms with E-state index in [4.69, 9.17) is 16.2 Å². The molecule has 0 aliphatic rings. The molecule has 0 spiro atoms. The van der Waals surface area contributed by atoms with Gasteiger partial charge in [-0.25, -0.2) is 18.7 Å². The largest absolute Gasteiger partial charge is 0.394 e. The minimum atomic E-state index is -0.753. The molecule has 4 aromatic rings. The van der Waals surface area contributed by atoms with Gasteiger partial charge in [-0.2, -0.15) is 0 Å². The fourth-order valence-electron chi connectivity index (χ4n) is 3.36. The molecule has 0 saturated carbocycles. The number of aryl methyl sites for hydroxylation is 1. The fourth-order valence-corrected chi connectivity index (χ4v) is 3.36. The number of nitrogens with one attached hydrogen (secondary N) is 1. The van der Waals surface area contributed by atoms with Crippen LogP contribution in [0.2, 0.25) is 0 Å². The molecule has 36 heavy (non-hydrogen) atoms. The summed E-state index contributed by atoms with van der Waals surface area (Å²) in [5.41, 5.74) is 13.9. The molecule has 0 saturated heterocycles. The third-order valence-electron chi connectivity index (χ3n) is 5.31. The summed E-state index contributed by atoms with van der Waals surface area (Å²) in [6, 6.07) is 17.6. The first-order valence-electron chi connectivity index (χ1n) is 10.7. The molecule has 0 aliphatic heterocycles. The maximum atomic E-state index is 14.6. The summed E-state index contributed by atoms with van der Waals surface area (Å²) in [6.07, 6.45) is 0. The Morgan fingerprint density at radius 2 is 1.72 bits per heavy atom. The van der Waals surface area contributed by atoms with Crippen LogP contribution < -0.4 is 22.9 Å². The molecule has 10 heteroatoms. The third-order valence-corrected chi connectivity index (χ3v) is 5.31. The smallest absolute Gasteiger partial charge is 0.258 e. The molecule has 8 nitrogen and oxygen atoms in total. The van der Waals surface area contributed by atoms with Crippen LogP contribution in [0.25, 0.3) is 11.4 Å². The number of anilines is 3. The molecule has 190 valence electrons. The van der Waals surface area contributed by atoms with Crippen LogP contribution in [-0.4, -0.2) is 15.9 Å². The van der Waals surface area contributed by atoms with Crippen LogP contribution >= 0.6 is 0 Å². The van der Waals surface area contributed by atoms with Crippen molar-refractivity contribution in [1.29, 1.82) is 0 Å². The van der Waals surface area contributed by atoms with E-state index in [1.165, 1.54) is 24.3 Å². The summed E-state index contributed by atoms with van der Waals surface area (Å²) in [4.78, 5) is 21.1. The lowest BCUT2D eigenvalue weighted by Gasteiger charge is -2.11. The molecule has 1 heterocycles. The molecule has 0 atom stereocenters. The first-order chi connectivity index (χ1) is 16.8. The maximum Gasteiger partial charge on any atom is 0.258 e. The number of halogens is 2. The Morgan fingerprint density at radius 1 is 0.972 bits per heavy atom. The third kappa shape index (κ3) is 5.98. The van der Waals surface area contributed by atoms with Gasteiger partial charge in [0.1, 0.15) is 11.6 Å². The van der Waals surface area contributed by atoms with Gasteiger partial charge in [0.05, 0.1) is 30.2 Å². The highest BCUT2D eigenvalue weighted by molar-refractivity contribution is 6.05. The van der Waals surface area contributed by atoms with Gasteiger partial charge in [0.15, 0.2) is 11.6 Å². The van der Waals surface area contributed by atoms with Gasteiger partial charge in [-0.15, -0.1) is 0 Å². The fraction of sp³-hybridized carbons (Fsp3) is 0.115. The Labute approximate surface area is 209 Å². The normalized spacial score (nSPS) is 10.5. The van der Waals surface area contributed by atoms with Crippen LogP contribution in [0.15, 0.2) is 66.7 Å². The summed E-state index contributed by atoms with van der Waals surface area (Å²) in [7, 11) is 0. The molecule has 4 rings (SSSR count). The van der Waals surface area contributed by atoms with Crippen molar-refractivity contribution >= 4 is 23.1 Å². The minimum Gasteiger partial charge on any atom is -0.394 e. The van der Waals surface area contributed by atoms with Crippen molar-refractivity contribution in [3.05, 3.63) is 101 Å². The second-order valence-corrected chi connectivity index (χ2v) is 7.86. The number of benzene rings is 3. The number of aromatic nitrogens is 2. The van der Waals surface area contributed by atoms with Crippen LogP contribution in [0.5, 0.6) is 0 Å². The molecule has 0 bridgehead atoms. The number of ether oxygens (including phenoxy) is 1. The number of carbonyl (C=O) groups excluding carboxylic acids is 1. The van der Waals surface area contributed by atoms with Gasteiger partial charge in [-0.05, 0) is 42.8 Å².